The van der Waals surface area contributed by atoms with Gasteiger partial charge in [0.05, 0.1) is 0 Å². The van der Waals surface area contributed by atoms with Crippen LogP contribution in [0.1, 0.15) is 33.6 Å². The molecule has 2 heteroatoms. The van der Waals surface area contributed by atoms with E-state index in [1.807, 2.05) is 0 Å². The molecule has 1 rings (SSSR count). The maximum Gasteiger partial charge on any atom is 0.00966 e. The average molecular weight is 170 g/mol. The van der Waals surface area contributed by atoms with Crippen LogP contribution < -0.4 is 10.6 Å². The van der Waals surface area contributed by atoms with Gasteiger partial charge in [-0.25, -0.2) is 0 Å². The van der Waals surface area contributed by atoms with Gasteiger partial charge in [-0.2, -0.15) is 0 Å². The van der Waals surface area contributed by atoms with Crippen LogP contribution in [0.3, 0.4) is 0 Å². The predicted molar refractivity (Wildman–Crippen MR) is 53.3 cm³/mol. The fourth-order valence-electron chi connectivity index (χ4n) is 1.54. The molecule has 12 heavy (non-hydrogen) atoms. The summed E-state index contributed by atoms with van der Waals surface area (Å²) in [5.41, 5.74) is 0.283. The predicted octanol–water partition coefficient (Wildman–Crippen LogP) is 1.37. The van der Waals surface area contributed by atoms with E-state index in [4.69, 9.17) is 0 Å². The number of hydrogen-bond acceptors (Lipinski definition) is 2. The van der Waals surface area contributed by atoms with Crippen LogP contribution in [-0.4, -0.2) is 25.2 Å². The van der Waals surface area contributed by atoms with E-state index in [9.17, 15) is 0 Å². The highest BCUT2D eigenvalue weighted by Crippen LogP contribution is 2.11. The molecule has 1 aliphatic heterocycles. The molecule has 0 amide bonds. The first-order valence-corrected chi connectivity index (χ1v) is 5.04. The van der Waals surface area contributed by atoms with Crippen LogP contribution in [0.25, 0.3) is 0 Å². The van der Waals surface area contributed by atoms with Gasteiger partial charge in [-0.1, -0.05) is 0 Å². The smallest absolute Gasteiger partial charge is 0.00966 e. The van der Waals surface area contributed by atoms with Crippen LogP contribution in [0.5, 0.6) is 0 Å². The Morgan fingerprint density at radius 1 is 1.25 bits per heavy atom. The van der Waals surface area contributed by atoms with E-state index in [1.165, 1.54) is 32.5 Å². The molecule has 0 radical (unpaired) electrons. The van der Waals surface area contributed by atoms with E-state index in [1.54, 1.807) is 0 Å². The van der Waals surface area contributed by atoms with Crippen LogP contribution in [0.15, 0.2) is 0 Å². The summed E-state index contributed by atoms with van der Waals surface area (Å²) < 4.78 is 0. The average Bonchev–Trinajstić information content (AvgIpc) is 2.02. The Balaban J connectivity index is 2.13. The van der Waals surface area contributed by atoms with E-state index in [0.717, 1.165) is 5.92 Å². The van der Waals surface area contributed by atoms with Crippen LogP contribution >= 0.6 is 0 Å². The second-order valence-electron chi connectivity index (χ2n) is 4.82. The van der Waals surface area contributed by atoms with Gasteiger partial charge in [0.25, 0.3) is 0 Å². The Bertz CT molecular complexity index is 120. The third-order valence-corrected chi connectivity index (χ3v) is 2.38. The van der Waals surface area contributed by atoms with Gasteiger partial charge in [0.1, 0.15) is 0 Å². The summed E-state index contributed by atoms with van der Waals surface area (Å²) >= 11 is 0. The lowest BCUT2D eigenvalue weighted by molar-refractivity contribution is 0.314. The molecule has 1 heterocycles. The number of rotatable bonds is 2. The summed E-state index contributed by atoms with van der Waals surface area (Å²) in [7, 11) is 0. The lowest BCUT2D eigenvalue weighted by Crippen LogP contribution is -2.41. The standard InChI is InChI=1S/C10H22N2/c1-10(2,3)12-8-9-4-6-11-7-5-9/h9,11-12H,4-8H2,1-3H3. The van der Waals surface area contributed by atoms with Crippen molar-refractivity contribution in [1.82, 2.24) is 10.6 Å². The number of nitrogens with one attached hydrogen (secondary N) is 2. The zero-order valence-corrected chi connectivity index (χ0v) is 8.61. The lowest BCUT2D eigenvalue weighted by atomic mass is 9.97. The van der Waals surface area contributed by atoms with E-state index in [0.29, 0.717) is 0 Å². The SMILES string of the molecule is CC(C)(C)NCC1CCNCC1. The van der Waals surface area contributed by atoms with Gasteiger partial charge in [-0.05, 0) is 59.2 Å². The molecule has 1 saturated heterocycles. The van der Waals surface area contributed by atoms with Gasteiger partial charge >= 0.3 is 0 Å². The third kappa shape index (κ3) is 4.07. The normalized spacial score (nSPS) is 21.2. The highest BCUT2D eigenvalue weighted by molar-refractivity contribution is 4.76. The molecule has 2 nitrogen and oxygen atoms in total. The van der Waals surface area contributed by atoms with Crippen molar-refractivity contribution in [2.45, 2.75) is 39.2 Å². The summed E-state index contributed by atoms with van der Waals surface area (Å²) in [4.78, 5) is 0. The molecule has 0 aromatic heterocycles. The molecule has 0 unspecified atom stereocenters. The molecular weight excluding hydrogens is 148 g/mol. The Morgan fingerprint density at radius 2 is 1.83 bits per heavy atom. The van der Waals surface area contributed by atoms with Crippen molar-refractivity contribution in [3.05, 3.63) is 0 Å². The van der Waals surface area contributed by atoms with Gasteiger partial charge in [0.15, 0.2) is 0 Å². The molecule has 0 atom stereocenters. The molecule has 1 fully saturated rings. The Labute approximate surface area is 76.1 Å². The molecule has 0 saturated carbocycles. The minimum absolute atomic E-state index is 0.283. The van der Waals surface area contributed by atoms with Crippen molar-refractivity contribution >= 4 is 0 Å². The van der Waals surface area contributed by atoms with Gasteiger partial charge in [0, 0.05) is 5.54 Å². The van der Waals surface area contributed by atoms with Gasteiger partial charge < -0.3 is 10.6 Å². The topological polar surface area (TPSA) is 24.1 Å². The van der Waals surface area contributed by atoms with Crippen molar-refractivity contribution in [1.29, 1.82) is 0 Å². The molecule has 2 N–H and O–H groups in total. The highest BCUT2D eigenvalue weighted by Gasteiger charge is 2.15. The Morgan fingerprint density at radius 3 is 2.33 bits per heavy atom. The molecule has 0 bridgehead atoms. The maximum absolute atomic E-state index is 3.56. The second-order valence-corrected chi connectivity index (χ2v) is 4.82. The van der Waals surface area contributed by atoms with Crippen LogP contribution in [0, 0.1) is 5.92 Å². The molecular formula is C10H22N2. The summed E-state index contributed by atoms with van der Waals surface area (Å²) in [6.07, 6.45) is 2.67. The molecule has 72 valence electrons. The van der Waals surface area contributed by atoms with E-state index < -0.39 is 0 Å². The first-order chi connectivity index (χ1) is 5.58. The van der Waals surface area contributed by atoms with Crippen LogP contribution in [-0.2, 0) is 0 Å². The number of piperidine rings is 1. The maximum atomic E-state index is 3.56. The molecule has 0 aromatic rings. The number of hydrogen-bond donors (Lipinski definition) is 2. The fourth-order valence-corrected chi connectivity index (χ4v) is 1.54. The molecule has 1 aliphatic rings. The highest BCUT2D eigenvalue weighted by atomic mass is 15.0. The van der Waals surface area contributed by atoms with E-state index >= 15 is 0 Å². The summed E-state index contributed by atoms with van der Waals surface area (Å²) in [6.45, 7) is 10.3. The minimum atomic E-state index is 0.283. The van der Waals surface area contributed by atoms with E-state index in [-0.39, 0.29) is 5.54 Å². The van der Waals surface area contributed by atoms with E-state index in [2.05, 4.69) is 31.4 Å². The van der Waals surface area contributed by atoms with Gasteiger partial charge in [0.2, 0.25) is 0 Å². The molecule has 0 spiro atoms. The molecule has 0 aliphatic carbocycles. The Hall–Kier alpha value is -0.0800. The van der Waals surface area contributed by atoms with Crippen molar-refractivity contribution in [2.75, 3.05) is 19.6 Å². The van der Waals surface area contributed by atoms with Gasteiger partial charge in [-0.15, -0.1) is 0 Å². The third-order valence-electron chi connectivity index (χ3n) is 2.38. The zero-order valence-electron chi connectivity index (χ0n) is 8.61. The monoisotopic (exact) mass is 170 g/mol. The van der Waals surface area contributed by atoms with Crippen molar-refractivity contribution < 1.29 is 0 Å². The summed E-state index contributed by atoms with van der Waals surface area (Å²) in [6, 6.07) is 0. The quantitative estimate of drug-likeness (QED) is 0.654. The molecule has 0 aromatic carbocycles. The first-order valence-electron chi connectivity index (χ1n) is 5.04. The fraction of sp³-hybridized carbons (Fsp3) is 1.00. The largest absolute Gasteiger partial charge is 0.317 e. The summed E-state index contributed by atoms with van der Waals surface area (Å²) in [5, 5.41) is 6.95. The van der Waals surface area contributed by atoms with Crippen LogP contribution in [0.2, 0.25) is 0 Å². The Kier molecular flexibility index (Phi) is 3.53. The lowest BCUT2D eigenvalue weighted by Gasteiger charge is -2.27. The second kappa shape index (κ2) is 4.24. The van der Waals surface area contributed by atoms with Crippen molar-refractivity contribution in [3.8, 4) is 0 Å². The van der Waals surface area contributed by atoms with Crippen LogP contribution in [0.4, 0.5) is 0 Å². The zero-order chi connectivity index (χ0) is 9.03. The minimum Gasteiger partial charge on any atom is -0.317 e. The van der Waals surface area contributed by atoms with Gasteiger partial charge in [-0.3, -0.25) is 0 Å². The van der Waals surface area contributed by atoms with Crippen molar-refractivity contribution in [2.24, 2.45) is 5.92 Å². The first kappa shape index (κ1) is 10.0. The summed E-state index contributed by atoms with van der Waals surface area (Å²) in [5.74, 6) is 0.894. The van der Waals surface area contributed by atoms with Crippen molar-refractivity contribution in [3.63, 3.8) is 0 Å².